The van der Waals surface area contributed by atoms with E-state index in [9.17, 15) is 8.42 Å². The van der Waals surface area contributed by atoms with E-state index in [0.717, 1.165) is 16.5 Å². The highest BCUT2D eigenvalue weighted by Gasteiger charge is 2.09. The normalized spacial score (nSPS) is 12.1. The van der Waals surface area contributed by atoms with Crippen molar-refractivity contribution in [3.63, 3.8) is 0 Å². The van der Waals surface area contributed by atoms with Crippen molar-refractivity contribution in [1.29, 1.82) is 0 Å². The van der Waals surface area contributed by atoms with Crippen LogP contribution in [0, 0.1) is 0 Å². The van der Waals surface area contributed by atoms with Crippen LogP contribution < -0.4 is 4.72 Å². The zero-order valence-corrected chi connectivity index (χ0v) is 12.1. The second kappa shape index (κ2) is 6.41. The van der Waals surface area contributed by atoms with E-state index in [2.05, 4.69) is 9.71 Å². The molecule has 1 aromatic heterocycles. The fourth-order valence-corrected chi connectivity index (χ4v) is 3.37. The summed E-state index contributed by atoms with van der Waals surface area (Å²) in [6, 6.07) is 7.98. The Balaban J connectivity index is 1.93. The minimum absolute atomic E-state index is 0.0877. The lowest BCUT2D eigenvalue weighted by atomic mass is 10.1. The maximum absolute atomic E-state index is 11.6. The van der Waals surface area contributed by atoms with Gasteiger partial charge in [-0.25, -0.2) is 13.1 Å². The number of halogens is 1. The standard InChI is InChI=1S/C13H17ClN2O2S/c14-7-3-9-19(17,18)16-8-6-11-10-15-13-5-2-1-4-12(11)13/h1-2,4-5,10,15-16H,3,6-9H2. The summed E-state index contributed by atoms with van der Waals surface area (Å²) in [5, 5.41) is 1.14. The van der Waals surface area contributed by atoms with Gasteiger partial charge in [0.15, 0.2) is 0 Å². The minimum Gasteiger partial charge on any atom is -0.361 e. The molecule has 0 radical (unpaired) electrons. The number of hydrogen-bond donors (Lipinski definition) is 2. The number of sulfonamides is 1. The molecule has 0 bridgehead atoms. The highest BCUT2D eigenvalue weighted by molar-refractivity contribution is 7.89. The Bertz CT molecular complexity index is 637. The number of fused-ring (bicyclic) bond motifs is 1. The van der Waals surface area contributed by atoms with Gasteiger partial charge in [0.2, 0.25) is 10.0 Å². The minimum atomic E-state index is -3.19. The highest BCUT2D eigenvalue weighted by Crippen LogP contribution is 2.17. The summed E-state index contributed by atoms with van der Waals surface area (Å²) in [7, 11) is -3.19. The summed E-state index contributed by atoms with van der Waals surface area (Å²) < 4.78 is 25.8. The topological polar surface area (TPSA) is 62.0 Å². The summed E-state index contributed by atoms with van der Waals surface area (Å²) in [5.74, 6) is 0.452. The highest BCUT2D eigenvalue weighted by atomic mass is 35.5. The van der Waals surface area contributed by atoms with E-state index in [1.165, 1.54) is 0 Å². The summed E-state index contributed by atoms with van der Waals surface area (Å²) in [6.45, 7) is 0.409. The average molecular weight is 301 g/mol. The molecule has 0 unspecified atom stereocenters. The number of aromatic amines is 1. The fraction of sp³-hybridized carbons (Fsp3) is 0.385. The molecular weight excluding hydrogens is 284 g/mol. The molecule has 2 N–H and O–H groups in total. The Kier molecular flexibility index (Phi) is 4.85. The van der Waals surface area contributed by atoms with Gasteiger partial charge in [-0.1, -0.05) is 18.2 Å². The maximum atomic E-state index is 11.6. The van der Waals surface area contributed by atoms with Crippen molar-refractivity contribution in [3.8, 4) is 0 Å². The van der Waals surface area contributed by atoms with Crippen LogP contribution in [0.3, 0.4) is 0 Å². The molecule has 104 valence electrons. The van der Waals surface area contributed by atoms with Crippen molar-refractivity contribution in [2.45, 2.75) is 12.8 Å². The van der Waals surface area contributed by atoms with Crippen molar-refractivity contribution in [2.24, 2.45) is 0 Å². The van der Waals surface area contributed by atoms with E-state index < -0.39 is 10.0 Å². The van der Waals surface area contributed by atoms with Gasteiger partial charge in [-0.15, -0.1) is 11.6 Å². The molecule has 0 saturated carbocycles. The summed E-state index contributed by atoms with van der Waals surface area (Å²) in [6.07, 6.45) is 3.08. The number of rotatable bonds is 7. The first kappa shape index (κ1) is 14.4. The molecule has 0 aliphatic carbocycles. The molecule has 1 heterocycles. The first-order valence-electron chi connectivity index (χ1n) is 6.21. The van der Waals surface area contributed by atoms with Crippen LogP contribution in [-0.2, 0) is 16.4 Å². The number of benzene rings is 1. The molecule has 2 rings (SSSR count). The van der Waals surface area contributed by atoms with Gasteiger partial charge in [0.25, 0.3) is 0 Å². The molecular formula is C13H17ClN2O2S. The van der Waals surface area contributed by atoms with Gasteiger partial charge >= 0.3 is 0 Å². The second-order valence-electron chi connectivity index (χ2n) is 4.37. The molecule has 19 heavy (non-hydrogen) atoms. The number of nitrogens with one attached hydrogen (secondary N) is 2. The molecule has 0 amide bonds. The van der Waals surface area contributed by atoms with E-state index >= 15 is 0 Å². The first-order chi connectivity index (χ1) is 9.12. The van der Waals surface area contributed by atoms with E-state index in [4.69, 9.17) is 11.6 Å². The van der Waals surface area contributed by atoms with Gasteiger partial charge in [0, 0.05) is 29.5 Å². The van der Waals surface area contributed by atoms with Crippen LogP contribution in [0.2, 0.25) is 0 Å². The quantitative estimate of drug-likeness (QED) is 0.771. The number of para-hydroxylation sites is 1. The van der Waals surface area contributed by atoms with Crippen molar-refractivity contribution >= 4 is 32.5 Å². The molecule has 4 nitrogen and oxygen atoms in total. The second-order valence-corrected chi connectivity index (χ2v) is 6.67. The molecule has 0 fully saturated rings. The van der Waals surface area contributed by atoms with Gasteiger partial charge in [-0.05, 0) is 24.5 Å². The van der Waals surface area contributed by atoms with Crippen LogP contribution in [0.4, 0.5) is 0 Å². The number of aromatic nitrogens is 1. The predicted octanol–water partition coefficient (Wildman–Crippen LogP) is 2.26. The van der Waals surface area contributed by atoms with Crippen LogP contribution >= 0.6 is 11.6 Å². The zero-order valence-electron chi connectivity index (χ0n) is 10.5. The average Bonchev–Trinajstić information content (AvgIpc) is 2.80. The number of hydrogen-bond acceptors (Lipinski definition) is 2. The van der Waals surface area contributed by atoms with Gasteiger partial charge in [-0.2, -0.15) is 0 Å². The van der Waals surface area contributed by atoms with Crippen molar-refractivity contribution in [1.82, 2.24) is 9.71 Å². The Morgan fingerprint density at radius 3 is 2.84 bits per heavy atom. The third-order valence-electron chi connectivity index (χ3n) is 2.94. The SMILES string of the molecule is O=S(=O)(CCCCl)NCCc1c[nH]c2ccccc12. The lowest BCUT2D eigenvalue weighted by Crippen LogP contribution is -2.28. The Morgan fingerprint density at radius 1 is 1.26 bits per heavy atom. The molecule has 0 aliphatic heterocycles. The Labute approximate surface area is 118 Å². The molecule has 0 spiro atoms. The Morgan fingerprint density at radius 2 is 2.05 bits per heavy atom. The largest absolute Gasteiger partial charge is 0.361 e. The van der Waals surface area contributed by atoms with Crippen LogP contribution in [0.1, 0.15) is 12.0 Å². The number of H-pyrrole nitrogens is 1. The van der Waals surface area contributed by atoms with Gasteiger partial charge in [0.1, 0.15) is 0 Å². The van der Waals surface area contributed by atoms with E-state index in [1.54, 1.807) is 0 Å². The number of alkyl halides is 1. The third-order valence-corrected chi connectivity index (χ3v) is 4.68. The monoisotopic (exact) mass is 300 g/mol. The maximum Gasteiger partial charge on any atom is 0.211 e. The van der Waals surface area contributed by atoms with Crippen LogP contribution in [0.25, 0.3) is 10.9 Å². The summed E-state index contributed by atoms with van der Waals surface area (Å²) >= 11 is 5.49. The van der Waals surface area contributed by atoms with Crippen LogP contribution in [-0.4, -0.2) is 31.6 Å². The smallest absolute Gasteiger partial charge is 0.211 e. The van der Waals surface area contributed by atoms with Gasteiger partial charge in [-0.3, -0.25) is 0 Å². The summed E-state index contributed by atoms with van der Waals surface area (Å²) in [5.41, 5.74) is 2.19. The van der Waals surface area contributed by atoms with E-state index in [0.29, 0.717) is 25.3 Å². The fourth-order valence-electron chi connectivity index (χ4n) is 2.00. The third kappa shape index (κ3) is 3.96. The van der Waals surface area contributed by atoms with Gasteiger partial charge < -0.3 is 4.98 Å². The van der Waals surface area contributed by atoms with Gasteiger partial charge in [0.05, 0.1) is 5.75 Å². The zero-order chi connectivity index (χ0) is 13.7. The van der Waals surface area contributed by atoms with E-state index in [1.807, 2.05) is 30.5 Å². The molecule has 1 aromatic carbocycles. The molecule has 0 saturated heterocycles. The van der Waals surface area contributed by atoms with Crippen LogP contribution in [0.5, 0.6) is 0 Å². The lowest BCUT2D eigenvalue weighted by Gasteiger charge is -2.05. The van der Waals surface area contributed by atoms with Crippen molar-refractivity contribution < 1.29 is 8.42 Å². The van der Waals surface area contributed by atoms with Crippen LogP contribution in [0.15, 0.2) is 30.5 Å². The predicted molar refractivity (Wildman–Crippen MR) is 79.1 cm³/mol. The molecule has 2 aromatic rings. The van der Waals surface area contributed by atoms with Crippen molar-refractivity contribution in [3.05, 3.63) is 36.0 Å². The summed E-state index contributed by atoms with van der Waals surface area (Å²) in [4.78, 5) is 3.18. The first-order valence-corrected chi connectivity index (χ1v) is 8.39. The lowest BCUT2D eigenvalue weighted by molar-refractivity contribution is 0.580. The molecule has 0 aliphatic rings. The van der Waals surface area contributed by atoms with Crippen molar-refractivity contribution in [2.75, 3.05) is 18.2 Å². The molecule has 0 atom stereocenters. The Hall–Kier alpha value is -1.04. The molecule has 6 heteroatoms. The van der Waals surface area contributed by atoms with E-state index in [-0.39, 0.29) is 5.75 Å².